The Morgan fingerprint density at radius 3 is 2.52 bits per heavy atom. The molecule has 0 saturated carbocycles. The van der Waals surface area contributed by atoms with E-state index in [9.17, 15) is 9.18 Å². The molecule has 5 rings (SSSR count). The number of anilines is 1. The number of piperazine rings is 1. The summed E-state index contributed by atoms with van der Waals surface area (Å²) in [5, 5.41) is 1.42. The average molecular weight is 398 g/mol. The monoisotopic (exact) mass is 398 g/mol. The lowest BCUT2D eigenvalue weighted by molar-refractivity contribution is 0.0746. The number of benzene rings is 2. The van der Waals surface area contributed by atoms with Gasteiger partial charge in [-0.25, -0.2) is 14.4 Å². The summed E-state index contributed by atoms with van der Waals surface area (Å²) < 4.78 is 15.3. The largest absolute Gasteiger partial charge is 0.345 e. The van der Waals surface area contributed by atoms with Gasteiger partial charge in [0.1, 0.15) is 5.82 Å². The third-order valence-electron chi connectivity index (χ3n) is 4.65. The number of hydrogen-bond donors (Lipinski definition) is 0. The standard InChI is InChI=1S/C19H15FN4OS2/c20-12-5-6-14-16(11-12)27-19(22-14)24-9-7-23(8-10-24)18(25)17-21-13-3-1-2-4-15(13)26-17/h1-6,11H,7-10H2. The van der Waals surface area contributed by atoms with Gasteiger partial charge in [-0.1, -0.05) is 23.5 Å². The van der Waals surface area contributed by atoms with Crippen LogP contribution in [0, 0.1) is 5.82 Å². The van der Waals surface area contributed by atoms with Gasteiger partial charge in [-0.15, -0.1) is 11.3 Å². The van der Waals surface area contributed by atoms with E-state index in [1.807, 2.05) is 29.2 Å². The number of aromatic nitrogens is 2. The van der Waals surface area contributed by atoms with E-state index in [0.29, 0.717) is 31.2 Å². The first-order valence-corrected chi connectivity index (χ1v) is 10.3. The van der Waals surface area contributed by atoms with Gasteiger partial charge in [0.05, 0.1) is 20.4 Å². The minimum Gasteiger partial charge on any atom is -0.345 e. The van der Waals surface area contributed by atoms with Gasteiger partial charge in [0.25, 0.3) is 5.91 Å². The maximum atomic E-state index is 13.4. The van der Waals surface area contributed by atoms with Crippen LogP contribution in [0.3, 0.4) is 0 Å². The molecule has 4 aromatic rings. The zero-order chi connectivity index (χ0) is 18.4. The summed E-state index contributed by atoms with van der Waals surface area (Å²) in [5.74, 6) is -0.258. The zero-order valence-electron chi connectivity index (χ0n) is 14.3. The lowest BCUT2D eigenvalue weighted by Crippen LogP contribution is -2.48. The SMILES string of the molecule is O=C(c1nc2ccccc2s1)N1CCN(c2nc3ccc(F)cc3s2)CC1. The molecule has 136 valence electrons. The maximum Gasteiger partial charge on any atom is 0.282 e. The Bertz CT molecular complexity index is 1110. The Hall–Kier alpha value is -2.58. The van der Waals surface area contributed by atoms with Crippen LogP contribution in [0.4, 0.5) is 9.52 Å². The van der Waals surface area contributed by atoms with Crippen LogP contribution in [-0.4, -0.2) is 47.0 Å². The molecule has 0 spiro atoms. The van der Waals surface area contributed by atoms with Crippen LogP contribution in [0.1, 0.15) is 9.80 Å². The quantitative estimate of drug-likeness (QED) is 0.512. The molecular formula is C19H15FN4OS2. The van der Waals surface area contributed by atoms with Gasteiger partial charge < -0.3 is 9.80 Å². The summed E-state index contributed by atoms with van der Waals surface area (Å²) in [5.41, 5.74) is 1.68. The summed E-state index contributed by atoms with van der Waals surface area (Å²) >= 11 is 2.93. The topological polar surface area (TPSA) is 49.3 Å². The van der Waals surface area contributed by atoms with E-state index < -0.39 is 0 Å². The van der Waals surface area contributed by atoms with Crippen molar-refractivity contribution < 1.29 is 9.18 Å². The fourth-order valence-corrected chi connectivity index (χ4v) is 5.20. The van der Waals surface area contributed by atoms with Crippen LogP contribution in [0.25, 0.3) is 20.4 Å². The van der Waals surface area contributed by atoms with E-state index in [1.54, 1.807) is 6.07 Å². The van der Waals surface area contributed by atoms with Gasteiger partial charge >= 0.3 is 0 Å². The highest BCUT2D eigenvalue weighted by molar-refractivity contribution is 7.22. The molecule has 1 saturated heterocycles. The van der Waals surface area contributed by atoms with Crippen molar-refractivity contribution in [2.24, 2.45) is 0 Å². The van der Waals surface area contributed by atoms with E-state index in [0.717, 1.165) is 25.6 Å². The molecule has 2 aromatic heterocycles. The molecule has 8 heteroatoms. The van der Waals surface area contributed by atoms with Crippen molar-refractivity contribution in [3.8, 4) is 0 Å². The Labute approximate surface area is 162 Å². The highest BCUT2D eigenvalue weighted by Crippen LogP contribution is 2.30. The molecule has 1 fully saturated rings. The van der Waals surface area contributed by atoms with E-state index in [-0.39, 0.29) is 11.7 Å². The molecule has 3 heterocycles. The molecular weight excluding hydrogens is 383 g/mol. The molecule has 0 radical (unpaired) electrons. The molecule has 0 bridgehead atoms. The first-order chi connectivity index (χ1) is 13.2. The predicted octanol–water partition coefficient (Wildman–Crippen LogP) is 4.01. The summed E-state index contributed by atoms with van der Waals surface area (Å²) in [6.45, 7) is 2.66. The Kier molecular flexibility index (Phi) is 4.02. The minimum absolute atomic E-state index is 0.0118. The number of para-hydroxylation sites is 1. The van der Waals surface area contributed by atoms with Crippen LogP contribution in [-0.2, 0) is 0 Å². The van der Waals surface area contributed by atoms with Crippen molar-refractivity contribution >= 4 is 54.1 Å². The average Bonchev–Trinajstić information content (AvgIpc) is 3.31. The lowest BCUT2D eigenvalue weighted by Gasteiger charge is -2.34. The Balaban J connectivity index is 1.30. The van der Waals surface area contributed by atoms with Gasteiger partial charge in [-0.2, -0.15) is 0 Å². The summed E-state index contributed by atoms with van der Waals surface area (Å²) in [6.07, 6.45) is 0. The lowest BCUT2D eigenvalue weighted by atomic mass is 10.3. The zero-order valence-corrected chi connectivity index (χ0v) is 15.9. The van der Waals surface area contributed by atoms with E-state index in [2.05, 4.69) is 14.9 Å². The number of halogens is 1. The van der Waals surface area contributed by atoms with Gasteiger partial charge in [0, 0.05) is 26.2 Å². The Morgan fingerprint density at radius 2 is 1.70 bits per heavy atom. The van der Waals surface area contributed by atoms with E-state index in [4.69, 9.17) is 0 Å². The fraction of sp³-hybridized carbons (Fsp3) is 0.211. The van der Waals surface area contributed by atoms with Gasteiger partial charge in [0.15, 0.2) is 10.1 Å². The van der Waals surface area contributed by atoms with E-state index >= 15 is 0 Å². The highest BCUT2D eigenvalue weighted by Gasteiger charge is 2.25. The van der Waals surface area contributed by atoms with Crippen LogP contribution in [0.5, 0.6) is 0 Å². The fourth-order valence-electron chi connectivity index (χ4n) is 3.22. The number of carbonyl (C=O) groups is 1. The number of hydrogen-bond acceptors (Lipinski definition) is 6. The Morgan fingerprint density at radius 1 is 0.926 bits per heavy atom. The van der Waals surface area contributed by atoms with Crippen molar-refractivity contribution in [2.75, 3.05) is 31.1 Å². The molecule has 27 heavy (non-hydrogen) atoms. The second-order valence-electron chi connectivity index (χ2n) is 6.37. The van der Waals surface area contributed by atoms with Crippen molar-refractivity contribution in [3.63, 3.8) is 0 Å². The highest BCUT2D eigenvalue weighted by atomic mass is 32.1. The number of nitrogens with zero attached hydrogens (tertiary/aromatic N) is 4. The predicted molar refractivity (Wildman–Crippen MR) is 107 cm³/mol. The van der Waals surface area contributed by atoms with Gasteiger partial charge in [0.2, 0.25) is 0 Å². The van der Waals surface area contributed by atoms with Crippen LogP contribution >= 0.6 is 22.7 Å². The van der Waals surface area contributed by atoms with Gasteiger partial charge in [-0.05, 0) is 30.3 Å². The smallest absolute Gasteiger partial charge is 0.282 e. The number of fused-ring (bicyclic) bond motifs is 2. The second-order valence-corrected chi connectivity index (χ2v) is 8.41. The summed E-state index contributed by atoms with van der Waals surface area (Å²) in [6, 6.07) is 12.5. The van der Waals surface area contributed by atoms with Crippen molar-refractivity contribution in [2.45, 2.75) is 0 Å². The third-order valence-corrected chi connectivity index (χ3v) is 6.76. The molecule has 0 unspecified atom stereocenters. The van der Waals surface area contributed by atoms with Crippen LogP contribution < -0.4 is 4.90 Å². The first-order valence-electron chi connectivity index (χ1n) is 8.63. The second kappa shape index (κ2) is 6.54. The number of amides is 1. The summed E-state index contributed by atoms with van der Waals surface area (Å²) in [7, 11) is 0. The van der Waals surface area contributed by atoms with E-state index in [1.165, 1.54) is 34.8 Å². The normalized spacial score (nSPS) is 15.0. The number of carbonyl (C=O) groups excluding carboxylic acids is 1. The maximum absolute atomic E-state index is 13.4. The molecule has 2 aromatic carbocycles. The minimum atomic E-state index is -0.246. The van der Waals surface area contributed by atoms with Crippen LogP contribution in [0.15, 0.2) is 42.5 Å². The van der Waals surface area contributed by atoms with Crippen molar-refractivity contribution in [1.29, 1.82) is 0 Å². The van der Waals surface area contributed by atoms with Crippen LogP contribution in [0.2, 0.25) is 0 Å². The van der Waals surface area contributed by atoms with Gasteiger partial charge in [-0.3, -0.25) is 4.79 Å². The molecule has 1 aliphatic heterocycles. The third kappa shape index (κ3) is 3.04. The number of rotatable bonds is 2. The number of thiazole rings is 2. The van der Waals surface area contributed by atoms with Crippen molar-refractivity contribution in [3.05, 3.63) is 53.3 Å². The molecule has 1 amide bonds. The molecule has 1 aliphatic rings. The molecule has 0 atom stereocenters. The first kappa shape index (κ1) is 16.6. The molecule has 0 aliphatic carbocycles. The summed E-state index contributed by atoms with van der Waals surface area (Å²) in [4.78, 5) is 25.9. The molecule has 5 nitrogen and oxygen atoms in total. The molecule has 0 N–H and O–H groups in total. The van der Waals surface area contributed by atoms with Crippen molar-refractivity contribution in [1.82, 2.24) is 14.9 Å².